The molecule has 3 aromatic rings. The Morgan fingerprint density at radius 1 is 1.28 bits per heavy atom. The van der Waals surface area contributed by atoms with E-state index in [9.17, 15) is 9.18 Å². The number of dihydropyridines is 1. The van der Waals surface area contributed by atoms with Gasteiger partial charge in [0.1, 0.15) is 5.82 Å². The Balaban J connectivity index is 1.88. The lowest BCUT2D eigenvalue weighted by atomic mass is 10.1. The van der Waals surface area contributed by atoms with Crippen molar-refractivity contribution in [3.8, 4) is 11.3 Å². The molecule has 0 saturated carbocycles. The normalized spacial score (nSPS) is 13.6. The Hall–Kier alpha value is -3.32. The van der Waals surface area contributed by atoms with Gasteiger partial charge in [0.25, 0.3) is 0 Å². The number of benzene rings is 1. The number of hydrogen-bond acceptors (Lipinski definition) is 6. The molecule has 146 valence electrons. The number of aromatic nitrogens is 2. The number of halogens is 2. The fourth-order valence-corrected chi connectivity index (χ4v) is 3.29. The van der Waals surface area contributed by atoms with Crippen LogP contribution in [0.4, 0.5) is 10.1 Å². The number of anilines is 1. The minimum Gasteiger partial charge on any atom is -0.465 e. The van der Waals surface area contributed by atoms with Crippen LogP contribution in [-0.4, -0.2) is 35.8 Å². The van der Waals surface area contributed by atoms with Crippen molar-refractivity contribution < 1.29 is 13.9 Å². The van der Waals surface area contributed by atoms with E-state index in [1.54, 1.807) is 18.3 Å². The highest BCUT2D eigenvalue weighted by atomic mass is 35.5. The average Bonchev–Trinajstić information content (AvgIpc) is 2.75. The third-order valence-electron chi connectivity index (χ3n) is 4.52. The van der Waals surface area contributed by atoms with E-state index >= 15 is 0 Å². The van der Waals surface area contributed by atoms with Gasteiger partial charge >= 0.3 is 5.97 Å². The van der Waals surface area contributed by atoms with Gasteiger partial charge in [-0.1, -0.05) is 11.6 Å². The molecule has 1 N–H and O–H groups in total. The summed E-state index contributed by atoms with van der Waals surface area (Å²) < 4.78 is 19.3. The summed E-state index contributed by atoms with van der Waals surface area (Å²) in [5, 5.41) is 4.42. The number of carbonyl (C=O) groups excluding carboxylic acids is 1. The molecule has 0 spiro atoms. The first-order valence-corrected chi connectivity index (χ1v) is 9.24. The molecule has 4 rings (SSSR count). The maximum Gasteiger partial charge on any atom is 0.341 e. The zero-order chi connectivity index (χ0) is 20.4. The Bertz CT molecular complexity index is 1180. The molecule has 6 nitrogen and oxygen atoms in total. The molecule has 0 radical (unpaired) electrons. The average molecular weight is 411 g/mol. The van der Waals surface area contributed by atoms with Crippen LogP contribution in [0.2, 0.25) is 5.02 Å². The lowest BCUT2D eigenvalue weighted by molar-refractivity contribution is -0.135. The van der Waals surface area contributed by atoms with Crippen molar-refractivity contribution in [1.29, 1.82) is 0 Å². The molecule has 1 aliphatic rings. The Morgan fingerprint density at radius 3 is 2.97 bits per heavy atom. The SMILES string of the molecule is COC(=O)C1=C(Nc2cc(-c3cc(Cl)ccc3F)nc3ncccc23)CCN=C1. The Morgan fingerprint density at radius 2 is 2.14 bits per heavy atom. The second-order valence-corrected chi connectivity index (χ2v) is 6.78. The number of hydrogen-bond donors (Lipinski definition) is 1. The monoisotopic (exact) mass is 410 g/mol. The molecule has 8 heteroatoms. The number of ether oxygens (including phenoxy) is 1. The third-order valence-corrected chi connectivity index (χ3v) is 4.75. The number of nitrogens with zero attached hydrogens (tertiary/aromatic N) is 3. The van der Waals surface area contributed by atoms with E-state index in [4.69, 9.17) is 16.3 Å². The van der Waals surface area contributed by atoms with Crippen molar-refractivity contribution in [2.24, 2.45) is 4.99 Å². The fraction of sp³-hybridized carbons (Fsp3) is 0.143. The van der Waals surface area contributed by atoms with Gasteiger partial charge < -0.3 is 10.1 Å². The smallest absolute Gasteiger partial charge is 0.341 e. The quantitative estimate of drug-likeness (QED) is 0.645. The summed E-state index contributed by atoms with van der Waals surface area (Å²) in [7, 11) is 1.32. The van der Waals surface area contributed by atoms with E-state index in [0.717, 1.165) is 5.39 Å². The first-order valence-electron chi connectivity index (χ1n) is 8.86. The van der Waals surface area contributed by atoms with Gasteiger partial charge in [0, 0.05) is 47.0 Å². The lowest BCUT2D eigenvalue weighted by Crippen LogP contribution is -2.17. The predicted octanol–water partition coefficient (Wildman–Crippen LogP) is 4.40. The van der Waals surface area contributed by atoms with Crippen molar-refractivity contribution in [2.75, 3.05) is 19.0 Å². The highest BCUT2D eigenvalue weighted by molar-refractivity contribution is 6.30. The summed E-state index contributed by atoms with van der Waals surface area (Å²) in [6.45, 7) is 0.542. The molecule has 0 amide bonds. The van der Waals surface area contributed by atoms with Crippen LogP contribution in [0, 0.1) is 5.82 Å². The number of esters is 1. The van der Waals surface area contributed by atoms with Crippen LogP contribution >= 0.6 is 11.6 Å². The number of carbonyl (C=O) groups is 1. The molecule has 0 fully saturated rings. The molecule has 0 saturated heterocycles. The minimum absolute atomic E-state index is 0.264. The topological polar surface area (TPSA) is 76.5 Å². The predicted molar refractivity (Wildman–Crippen MR) is 111 cm³/mol. The highest BCUT2D eigenvalue weighted by Gasteiger charge is 2.19. The number of methoxy groups -OCH3 is 1. The van der Waals surface area contributed by atoms with Crippen molar-refractivity contribution in [3.05, 3.63) is 64.7 Å². The van der Waals surface area contributed by atoms with Crippen LogP contribution in [0.5, 0.6) is 0 Å². The molecule has 0 atom stereocenters. The molecule has 0 bridgehead atoms. The molecule has 0 aliphatic carbocycles. The highest BCUT2D eigenvalue weighted by Crippen LogP contribution is 2.32. The number of fused-ring (bicyclic) bond motifs is 1. The van der Waals surface area contributed by atoms with Crippen molar-refractivity contribution in [3.63, 3.8) is 0 Å². The van der Waals surface area contributed by atoms with Gasteiger partial charge in [-0.3, -0.25) is 4.99 Å². The van der Waals surface area contributed by atoms with Gasteiger partial charge in [-0.25, -0.2) is 19.2 Å². The largest absolute Gasteiger partial charge is 0.465 e. The summed E-state index contributed by atoms with van der Waals surface area (Å²) in [6, 6.07) is 9.65. The van der Waals surface area contributed by atoms with Crippen LogP contribution in [0.3, 0.4) is 0 Å². The fourth-order valence-electron chi connectivity index (χ4n) is 3.12. The van der Waals surface area contributed by atoms with Gasteiger partial charge in [-0.05, 0) is 36.4 Å². The molecule has 29 heavy (non-hydrogen) atoms. The van der Waals surface area contributed by atoms with Crippen molar-refractivity contribution in [1.82, 2.24) is 9.97 Å². The van der Waals surface area contributed by atoms with Gasteiger partial charge in [0.15, 0.2) is 5.65 Å². The van der Waals surface area contributed by atoms with Crippen molar-refractivity contribution >= 4 is 40.5 Å². The van der Waals surface area contributed by atoms with Gasteiger partial charge in [0.05, 0.1) is 24.1 Å². The van der Waals surface area contributed by atoms with Gasteiger partial charge in [-0.2, -0.15) is 0 Å². The number of aliphatic imine (C=N–C) groups is 1. The van der Waals surface area contributed by atoms with E-state index in [1.807, 2.05) is 6.07 Å². The number of rotatable bonds is 4. The molecule has 2 aromatic heterocycles. The second kappa shape index (κ2) is 7.97. The first-order chi connectivity index (χ1) is 14.1. The van der Waals surface area contributed by atoms with E-state index in [2.05, 4.69) is 20.3 Å². The maximum absolute atomic E-state index is 14.4. The zero-order valence-corrected chi connectivity index (χ0v) is 16.2. The molecule has 1 aliphatic heterocycles. The number of pyridine rings is 2. The van der Waals surface area contributed by atoms with Crippen LogP contribution in [-0.2, 0) is 9.53 Å². The summed E-state index contributed by atoms with van der Waals surface area (Å²) in [5.74, 6) is -0.920. The van der Waals surface area contributed by atoms with Gasteiger partial charge in [-0.15, -0.1) is 0 Å². The molecular formula is C21H16ClFN4O2. The first kappa shape index (κ1) is 19.0. The summed E-state index contributed by atoms with van der Waals surface area (Å²) in [4.78, 5) is 25.0. The van der Waals surface area contributed by atoms with Gasteiger partial charge in [0.2, 0.25) is 0 Å². The Kier molecular flexibility index (Phi) is 5.22. The summed E-state index contributed by atoms with van der Waals surface area (Å²) in [6.07, 6.45) is 3.65. The third kappa shape index (κ3) is 3.82. The Labute approximate surface area is 171 Å². The molecule has 3 heterocycles. The summed E-state index contributed by atoms with van der Waals surface area (Å²) in [5.41, 5.74) is 2.74. The lowest BCUT2D eigenvalue weighted by Gasteiger charge is -2.18. The van der Waals surface area contributed by atoms with Crippen LogP contribution in [0.25, 0.3) is 22.3 Å². The maximum atomic E-state index is 14.4. The van der Waals surface area contributed by atoms with E-state index in [-0.39, 0.29) is 5.56 Å². The molecule has 1 aromatic carbocycles. The van der Waals surface area contributed by atoms with E-state index in [0.29, 0.717) is 46.3 Å². The van der Waals surface area contributed by atoms with Crippen molar-refractivity contribution in [2.45, 2.75) is 6.42 Å². The molecular weight excluding hydrogens is 395 g/mol. The van der Waals surface area contributed by atoms with Crippen LogP contribution < -0.4 is 5.32 Å². The van der Waals surface area contributed by atoms with E-state index < -0.39 is 11.8 Å². The molecule has 0 unspecified atom stereocenters. The zero-order valence-electron chi connectivity index (χ0n) is 15.4. The standard InChI is InChI=1S/C21H16ClFN4O2/c1-29-21(28)15-11-24-8-6-17(15)26-18-10-19(14-9-12(22)4-5-16(14)23)27-20-13(18)3-2-7-25-20/h2-5,7,9-11H,6,8H2,1H3,(H,25,26,27). The summed E-state index contributed by atoms with van der Waals surface area (Å²) >= 11 is 6.05. The number of nitrogens with one attached hydrogen (secondary N) is 1. The van der Waals surface area contributed by atoms with E-state index in [1.165, 1.54) is 31.5 Å². The minimum atomic E-state index is -0.478. The second-order valence-electron chi connectivity index (χ2n) is 6.35. The van der Waals surface area contributed by atoms with Crippen LogP contribution in [0.1, 0.15) is 6.42 Å². The van der Waals surface area contributed by atoms with Crippen LogP contribution in [0.15, 0.2) is 58.9 Å².